The molecule has 1 spiro atoms. The quantitative estimate of drug-likeness (QED) is 0.141. The maximum Gasteiger partial charge on any atom is 0.313 e. The molecule has 0 aromatic heterocycles. The summed E-state index contributed by atoms with van der Waals surface area (Å²) in [5.41, 5.74) is 1.85. The van der Waals surface area contributed by atoms with Crippen LogP contribution in [0.25, 0.3) is 0 Å². The van der Waals surface area contributed by atoms with Crippen molar-refractivity contribution in [1.29, 1.82) is 0 Å². The summed E-state index contributed by atoms with van der Waals surface area (Å²) in [4.78, 5) is 62.1. The third kappa shape index (κ3) is 6.99. The number of aliphatic hydroxyl groups excluding tert-OH is 1. The molecule has 0 saturated carbocycles. The predicted octanol–water partition coefficient (Wildman–Crippen LogP) is 5.68. The Bertz CT molecular complexity index is 1680. The standard InChI is InChI=1S/C41H52BrN3O7/c1-9-11-17-32(47)43(8)27(7)35(28-15-13-12-14-16-28)51-40(50)33-34-38(48)45(31(23-46)24(3)4)37(41(34)22-29(42)36(33)52-41)39(49)44(20-10-2)30-21-25(5)18-19-26(30)6/h9-10,12-16,18-19,21,24,27,29,31,33-37,46H,1-2,11,17,20,22-23H2,3-8H3/t27-,29?,31+,33+,34-,35+,36+,37+,41-/m1/s1. The second-order valence-electron chi connectivity index (χ2n) is 14.8. The van der Waals surface area contributed by atoms with E-state index in [-0.39, 0.29) is 42.1 Å². The van der Waals surface area contributed by atoms with Crippen LogP contribution in [-0.2, 0) is 28.7 Å². The van der Waals surface area contributed by atoms with E-state index in [1.807, 2.05) is 83.1 Å². The van der Waals surface area contributed by atoms with E-state index in [1.54, 1.807) is 29.0 Å². The molecule has 52 heavy (non-hydrogen) atoms. The number of likely N-dealkylation sites (tertiary alicyclic amines) is 1. The number of hydrogen-bond donors (Lipinski definition) is 1. The van der Waals surface area contributed by atoms with Gasteiger partial charge in [0, 0.05) is 30.5 Å². The highest BCUT2D eigenvalue weighted by Crippen LogP contribution is 2.61. The number of hydrogen-bond acceptors (Lipinski definition) is 7. The number of rotatable bonds is 15. The van der Waals surface area contributed by atoms with Crippen LogP contribution in [0.15, 0.2) is 73.8 Å². The molecule has 2 bridgehead atoms. The summed E-state index contributed by atoms with van der Waals surface area (Å²) in [6.45, 7) is 16.9. The summed E-state index contributed by atoms with van der Waals surface area (Å²) in [5.74, 6) is -3.85. The molecule has 2 aromatic rings. The molecule has 280 valence electrons. The molecule has 3 heterocycles. The van der Waals surface area contributed by atoms with Gasteiger partial charge >= 0.3 is 5.97 Å². The second kappa shape index (κ2) is 16.1. The van der Waals surface area contributed by atoms with Gasteiger partial charge in [-0.3, -0.25) is 19.2 Å². The third-order valence-corrected chi connectivity index (χ3v) is 12.0. The number of fused-ring (bicyclic) bond motifs is 1. The van der Waals surface area contributed by atoms with Crippen molar-refractivity contribution < 1.29 is 33.8 Å². The smallest absolute Gasteiger partial charge is 0.313 e. The number of nitrogens with zero attached hydrogens (tertiary/aromatic N) is 3. The van der Waals surface area contributed by atoms with E-state index >= 15 is 4.79 Å². The van der Waals surface area contributed by atoms with Crippen LogP contribution < -0.4 is 4.90 Å². The Morgan fingerprint density at radius 2 is 1.81 bits per heavy atom. The molecule has 5 rings (SSSR count). The van der Waals surface area contributed by atoms with Crippen LogP contribution in [0.1, 0.15) is 62.8 Å². The summed E-state index contributed by atoms with van der Waals surface area (Å²) in [5, 5.41) is 10.7. The lowest BCUT2D eigenvalue weighted by molar-refractivity contribution is -0.165. The minimum Gasteiger partial charge on any atom is -0.455 e. The summed E-state index contributed by atoms with van der Waals surface area (Å²) in [7, 11) is 1.69. The first-order valence-corrected chi connectivity index (χ1v) is 19.0. The molecule has 3 fully saturated rings. The van der Waals surface area contributed by atoms with Gasteiger partial charge in [-0.2, -0.15) is 0 Å². The number of halogens is 1. The molecule has 3 saturated heterocycles. The lowest BCUT2D eigenvalue weighted by atomic mass is 9.70. The molecule has 0 radical (unpaired) electrons. The van der Waals surface area contributed by atoms with Crippen molar-refractivity contribution in [1.82, 2.24) is 9.80 Å². The van der Waals surface area contributed by atoms with Crippen molar-refractivity contribution in [3.8, 4) is 0 Å². The fourth-order valence-electron chi connectivity index (χ4n) is 8.31. The van der Waals surface area contributed by atoms with Gasteiger partial charge in [-0.15, -0.1) is 13.2 Å². The molecule has 10 nitrogen and oxygen atoms in total. The number of carbonyl (C=O) groups is 4. The molecule has 1 N–H and O–H groups in total. The van der Waals surface area contributed by atoms with E-state index < -0.39 is 59.6 Å². The lowest BCUT2D eigenvalue weighted by Crippen LogP contribution is -2.60. The summed E-state index contributed by atoms with van der Waals surface area (Å²) < 4.78 is 13.2. The zero-order chi connectivity index (χ0) is 38.1. The number of anilines is 1. The van der Waals surface area contributed by atoms with Gasteiger partial charge in [-0.05, 0) is 62.3 Å². The van der Waals surface area contributed by atoms with Crippen molar-refractivity contribution in [3.63, 3.8) is 0 Å². The van der Waals surface area contributed by atoms with E-state index in [1.165, 1.54) is 4.90 Å². The van der Waals surface area contributed by atoms with Crippen LogP contribution >= 0.6 is 15.9 Å². The van der Waals surface area contributed by atoms with Crippen molar-refractivity contribution in [3.05, 3.63) is 90.5 Å². The zero-order valence-corrected chi connectivity index (χ0v) is 32.6. The number of carbonyl (C=O) groups excluding carboxylic acids is 4. The predicted molar refractivity (Wildman–Crippen MR) is 204 cm³/mol. The Kier molecular flexibility index (Phi) is 12.2. The first-order chi connectivity index (χ1) is 24.7. The number of aliphatic hydroxyl groups is 1. The largest absolute Gasteiger partial charge is 0.455 e. The molecule has 3 amide bonds. The van der Waals surface area contributed by atoms with Gasteiger partial charge in [0.25, 0.3) is 5.91 Å². The topological polar surface area (TPSA) is 117 Å². The first-order valence-electron chi connectivity index (χ1n) is 18.1. The van der Waals surface area contributed by atoms with Gasteiger partial charge in [0.1, 0.15) is 17.7 Å². The molecule has 9 atom stereocenters. The van der Waals surface area contributed by atoms with Gasteiger partial charge in [-0.25, -0.2) is 0 Å². The Balaban J connectivity index is 1.57. The highest BCUT2D eigenvalue weighted by Gasteiger charge is 2.78. The molecule has 0 aliphatic carbocycles. The Morgan fingerprint density at radius 1 is 1.12 bits per heavy atom. The van der Waals surface area contributed by atoms with Crippen molar-refractivity contribution in [2.24, 2.45) is 17.8 Å². The monoisotopic (exact) mass is 777 g/mol. The van der Waals surface area contributed by atoms with Gasteiger partial charge in [0.15, 0.2) is 0 Å². The Hall–Kier alpha value is -3.80. The average Bonchev–Trinajstić information content (AvgIpc) is 3.72. The zero-order valence-electron chi connectivity index (χ0n) is 31.0. The van der Waals surface area contributed by atoms with Gasteiger partial charge < -0.3 is 29.3 Å². The maximum atomic E-state index is 15.1. The lowest BCUT2D eigenvalue weighted by Gasteiger charge is -2.40. The summed E-state index contributed by atoms with van der Waals surface area (Å²) >= 11 is 3.76. The van der Waals surface area contributed by atoms with E-state index in [0.717, 1.165) is 11.1 Å². The molecular formula is C41H52BrN3O7. The number of amides is 3. The minimum atomic E-state index is -1.37. The SMILES string of the molecule is C=CCCC(=O)N(C)[C@H](C)[C@H](OC(=O)[C@@H]1[C@H]2O[C@@]3(CC2Br)[C@H](C(=O)N(CC=C)c2cc(C)ccc2C)N([C@@H](CO)C(C)C)C(=O)[C@@H]13)c1ccccc1. The summed E-state index contributed by atoms with van der Waals surface area (Å²) in [6.07, 6.45) is 2.81. The van der Waals surface area contributed by atoms with Crippen molar-refractivity contribution in [2.45, 2.75) is 94.6 Å². The van der Waals surface area contributed by atoms with Crippen LogP contribution in [0, 0.1) is 31.6 Å². The average molecular weight is 779 g/mol. The first kappa shape index (κ1) is 39.4. The van der Waals surface area contributed by atoms with Crippen LogP contribution in [0.5, 0.6) is 0 Å². The van der Waals surface area contributed by atoms with Gasteiger partial charge in [-0.1, -0.05) is 84.4 Å². The van der Waals surface area contributed by atoms with Crippen LogP contribution in [-0.4, -0.2) is 93.5 Å². The molecule has 3 aliphatic rings. The molecule has 1 unspecified atom stereocenters. The fourth-order valence-corrected chi connectivity index (χ4v) is 9.25. The van der Waals surface area contributed by atoms with Crippen LogP contribution in [0.2, 0.25) is 0 Å². The van der Waals surface area contributed by atoms with Crippen molar-refractivity contribution >= 4 is 45.3 Å². The van der Waals surface area contributed by atoms with Crippen LogP contribution in [0.4, 0.5) is 5.69 Å². The number of benzene rings is 2. The Morgan fingerprint density at radius 3 is 2.42 bits per heavy atom. The normalized spacial score (nSPS) is 26.4. The molecule has 11 heteroatoms. The number of ether oxygens (including phenoxy) is 2. The van der Waals surface area contributed by atoms with E-state index in [9.17, 15) is 19.5 Å². The molecule has 3 aliphatic heterocycles. The van der Waals surface area contributed by atoms with E-state index in [2.05, 4.69) is 29.1 Å². The van der Waals surface area contributed by atoms with Crippen LogP contribution in [0.3, 0.4) is 0 Å². The van der Waals surface area contributed by atoms with Gasteiger partial charge in [0.05, 0.1) is 36.6 Å². The van der Waals surface area contributed by atoms with Gasteiger partial charge in [0.2, 0.25) is 11.8 Å². The number of esters is 1. The number of alkyl halides is 1. The Labute approximate surface area is 315 Å². The molecular weight excluding hydrogens is 726 g/mol. The second-order valence-corrected chi connectivity index (χ2v) is 15.9. The highest BCUT2D eigenvalue weighted by molar-refractivity contribution is 9.09. The molecule has 2 aromatic carbocycles. The maximum absolute atomic E-state index is 15.1. The number of aryl methyl sites for hydroxylation is 2. The van der Waals surface area contributed by atoms with E-state index in [0.29, 0.717) is 24.1 Å². The minimum absolute atomic E-state index is 0.119. The summed E-state index contributed by atoms with van der Waals surface area (Å²) in [6, 6.07) is 12.7. The fraction of sp³-hybridized carbons (Fsp3) is 0.512. The third-order valence-electron chi connectivity index (χ3n) is 11.2. The highest BCUT2D eigenvalue weighted by atomic mass is 79.9. The number of likely N-dealkylation sites (N-methyl/N-ethyl adjacent to an activating group) is 1. The van der Waals surface area contributed by atoms with E-state index in [4.69, 9.17) is 9.47 Å². The van der Waals surface area contributed by atoms with Crippen molar-refractivity contribution in [2.75, 3.05) is 25.1 Å². The number of allylic oxidation sites excluding steroid dienone is 1.